The second-order valence-electron chi connectivity index (χ2n) is 8.06. The van der Waals surface area contributed by atoms with Gasteiger partial charge in [0.15, 0.2) is 5.82 Å². The summed E-state index contributed by atoms with van der Waals surface area (Å²) < 4.78 is 60.4. The second kappa shape index (κ2) is 9.35. The first kappa shape index (κ1) is 25.1. The smallest absolute Gasteiger partial charge is 0.475 e. The average molecular weight is 489 g/mol. The van der Waals surface area contributed by atoms with Crippen molar-refractivity contribution in [1.29, 1.82) is 0 Å². The van der Waals surface area contributed by atoms with Gasteiger partial charge in [0.25, 0.3) is 0 Å². The van der Waals surface area contributed by atoms with Crippen LogP contribution >= 0.6 is 0 Å². The Balaban J connectivity index is 0.000000406. The molecule has 3 heterocycles. The van der Waals surface area contributed by atoms with Crippen LogP contribution in [0.5, 0.6) is 5.75 Å². The number of hydrogen-bond donors (Lipinski definition) is 2. The van der Waals surface area contributed by atoms with Crippen LogP contribution in [-0.4, -0.2) is 56.8 Å². The van der Waals surface area contributed by atoms with Crippen molar-refractivity contribution in [1.82, 2.24) is 15.0 Å². The number of alkyl halides is 5. The molecule has 2 aromatic rings. The number of pyridine rings is 1. The van der Waals surface area contributed by atoms with Gasteiger partial charge in [-0.1, -0.05) is 0 Å². The number of carbonyl (C=O) groups excluding carboxylic acids is 1. The zero-order valence-corrected chi connectivity index (χ0v) is 17.9. The molecule has 184 valence electrons. The van der Waals surface area contributed by atoms with Crippen molar-refractivity contribution in [2.75, 3.05) is 10.2 Å². The number of aromatic nitrogens is 3. The summed E-state index contributed by atoms with van der Waals surface area (Å²) >= 11 is 0. The topological polar surface area (TPSA) is 118 Å². The minimum absolute atomic E-state index is 0.0128. The number of carboxylic acids is 1. The lowest BCUT2D eigenvalue weighted by atomic mass is 9.84. The zero-order chi connectivity index (χ0) is 25.3. The first-order chi connectivity index (χ1) is 15.8. The van der Waals surface area contributed by atoms with Crippen LogP contribution in [0.3, 0.4) is 0 Å². The lowest BCUT2D eigenvalue weighted by Crippen LogP contribution is -2.53. The fraction of sp³-hybridized carbons (Fsp3) is 0.450. The SMILES string of the molecule is CC1(C)C(=O)N([C@H]2C[C@H](Nc3ccc(OC(F)F)cn3)C2)c2nccnc21.O=C(O)C(F)(F)F. The number of anilines is 2. The maximum Gasteiger partial charge on any atom is 0.490 e. The van der Waals surface area contributed by atoms with E-state index < -0.39 is 24.2 Å². The van der Waals surface area contributed by atoms with Crippen molar-refractivity contribution in [2.45, 2.75) is 57.0 Å². The van der Waals surface area contributed by atoms with Crippen molar-refractivity contribution < 1.29 is 41.4 Å². The van der Waals surface area contributed by atoms with E-state index in [0.717, 1.165) is 12.8 Å². The molecule has 1 saturated carbocycles. The fourth-order valence-corrected chi connectivity index (χ4v) is 3.55. The third kappa shape index (κ3) is 5.31. The Morgan fingerprint density at radius 2 is 1.82 bits per heavy atom. The molecule has 34 heavy (non-hydrogen) atoms. The van der Waals surface area contributed by atoms with E-state index in [1.807, 2.05) is 13.8 Å². The van der Waals surface area contributed by atoms with Crippen LogP contribution in [0, 0.1) is 0 Å². The Morgan fingerprint density at radius 1 is 1.21 bits per heavy atom. The lowest BCUT2D eigenvalue weighted by molar-refractivity contribution is -0.192. The molecule has 0 radical (unpaired) electrons. The number of carboxylic acid groups (broad SMARTS) is 1. The number of ether oxygens (including phenoxy) is 1. The van der Waals surface area contributed by atoms with Crippen LogP contribution in [0.4, 0.5) is 33.6 Å². The van der Waals surface area contributed by atoms with Crippen LogP contribution < -0.4 is 15.0 Å². The number of hydrogen-bond acceptors (Lipinski definition) is 7. The van der Waals surface area contributed by atoms with E-state index in [2.05, 4.69) is 25.0 Å². The van der Waals surface area contributed by atoms with Crippen LogP contribution in [-0.2, 0) is 15.0 Å². The molecule has 0 aromatic carbocycles. The van der Waals surface area contributed by atoms with Gasteiger partial charge in [-0.05, 0) is 38.8 Å². The molecule has 4 rings (SSSR count). The zero-order valence-electron chi connectivity index (χ0n) is 17.9. The van der Waals surface area contributed by atoms with Gasteiger partial charge < -0.3 is 15.2 Å². The van der Waals surface area contributed by atoms with E-state index in [4.69, 9.17) is 9.90 Å². The molecule has 0 unspecified atom stereocenters. The van der Waals surface area contributed by atoms with E-state index >= 15 is 0 Å². The van der Waals surface area contributed by atoms with Gasteiger partial charge in [-0.3, -0.25) is 14.7 Å². The number of carbonyl (C=O) groups is 2. The van der Waals surface area contributed by atoms with Crippen molar-refractivity contribution in [3.05, 3.63) is 36.4 Å². The Hall–Kier alpha value is -3.58. The van der Waals surface area contributed by atoms with Crippen molar-refractivity contribution >= 4 is 23.5 Å². The van der Waals surface area contributed by atoms with E-state index in [1.165, 1.54) is 12.3 Å². The molecule has 1 amide bonds. The largest absolute Gasteiger partial charge is 0.490 e. The molecule has 0 spiro atoms. The molecule has 2 N–H and O–H groups in total. The fourth-order valence-electron chi connectivity index (χ4n) is 3.55. The summed E-state index contributed by atoms with van der Waals surface area (Å²) in [6.45, 7) is 0.861. The maximum atomic E-state index is 12.8. The predicted molar refractivity (Wildman–Crippen MR) is 108 cm³/mol. The highest BCUT2D eigenvalue weighted by Gasteiger charge is 2.51. The van der Waals surface area contributed by atoms with Crippen LogP contribution in [0.25, 0.3) is 0 Å². The van der Waals surface area contributed by atoms with E-state index in [1.54, 1.807) is 23.4 Å². The number of amides is 1. The van der Waals surface area contributed by atoms with Gasteiger partial charge in [-0.2, -0.15) is 22.0 Å². The summed E-state index contributed by atoms with van der Waals surface area (Å²) in [5.41, 5.74) is 0.0344. The highest BCUT2D eigenvalue weighted by Crippen LogP contribution is 2.43. The molecule has 0 saturated heterocycles. The van der Waals surface area contributed by atoms with E-state index in [0.29, 0.717) is 17.3 Å². The summed E-state index contributed by atoms with van der Waals surface area (Å²) in [6, 6.07) is 3.22. The number of nitrogens with one attached hydrogen (secondary N) is 1. The molecule has 1 fully saturated rings. The molecule has 0 bridgehead atoms. The minimum Gasteiger partial charge on any atom is -0.475 e. The Labute approximate surface area is 190 Å². The standard InChI is InChI=1S/C18H19F2N5O2.C2HF3O2/c1-18(2)14-15(22-6-5-21-14)25(16(18)26)11-7-10(8-11)24-13-4-3-12(9-23-13)27-17(19)20;3-2(4,5)1(6)7/h3-6,9-11,17H,7-8H2,1-2H3,(H,23,24);(H,6,7)/t10-,11-;. The Morgan fingerprint density at radius 3 is 2.35 bits per heavy atom. The normalized spacial score (nSPS) is 20.7. The molecule has 2 aromatic heterocycles. The van der Waals surface area contributed by atoms with Gasteiger partial charge in [0, 0.05) is 24.5 Å². The van der Waals surface area contributed by atoms with E-state index in [-0.39, 0.29) is 23.7 Å². The van der Waals surface area contributed by atoms with Gasteiger partial charge in [-0.25, -0.2) is 14.8 Å². The third-order valence-corrected chi connectivity index (χ3v) is 5.29. The highest BCUT2D eigenvalue weighted by molar-refractivity contribution is 6.06. The molecule has 14 heteroatoms. The first-order valence-electron chi connectivity index (χ1n) is 9.93. The molecule has 2 aliphatic rings. The third-order valence-electron chi connectivity index (χ3n) is 5.29. The van der Waals surface area contributed by atoms with Crippen LogP contribution in [0.1, 0.15) is 32.4 Å². The van der Waals surface area contributed by atoms with Crippen molar-refractivity contribution in [2.24, 2.45) is 0 Å². The summed E-state index contributed by atoms with van der Waals surface area (Å²) in [6.07, 6.45) is 0.865. The molecule has 1 aliphatic carbocycles. The van der Waals surface area contributed by atoms with Gasteiger partial charge >= 0.3 is 18.8 Å². The Bertz CT molecular complexity index is 1040. The summed E-state index contributed by atoms with van der Waals surface area (Å²) in [4.78, 5) is 36.3. The second-order valence-corrected chi connectivity index (χ2v) is 8.06. The van der Waals surface area contributed by atoms with Crippen LogP contribution in [0.15, 0.2) is 30.7 Å². The molecule has 9 nitrogen and oxygen atoms in total. The number of aliphatic carboxylic acids is 1. The lowest BCUT2D eigenvalue weighted by Gasteiger charge is -2.41. The van der Waals surface area contributed by atoms with Gasteiger partial charge in [0.2, 0.25) is 5.91 Å². The predicted octanol–water partition coefficient (Wildman–Crippen LogP) is 3.37. The van der Waals surface area contributed by atoms with E-state index in [9.17, 15) is 26.7 Å². The van der Waals surface area contributed by atoms with Crippen LogP contribution in [0.2, 0.25) is 0 Å². The monoisotopic (exact) mass is 489 g/mol. The van der Waals surface area contributed by atoms with Gasteiger partial charge in [0.1, 0.15) is 11.6 Å². The number of halogens is 5. The quantitative estimate of drug-likeness (QED) is 0.614. The molecular formula is C20H20F5N5O4. The number of nitrogens with zero attached hydrogens (tertiary/aromatic N) is 4. The summed E-state index contributed by atoms with van der Waals surface area (Å²) in [5.74, 6) is -1.51. The average Bonchev–Trinajstić information content (AvgIpc) is 2.91. The number of rotatable bonds is 5. The first-order valence-corrected chi connectivity index (χ1v) is 9.93. The summed E-state index contributed by atoms with van der Waals surface area (Å²) in [7, 11) is 0. The highest BCUT2D eigenvalue weighted by atomic mass is 19.4. The molecule has 0 atom stereocenters. The molecular weight excluding hydrogens is 469 g/mol. The summed E-state index contributed by atoms with van der Waals surface area (Å²) in [5, 5.41) is 10.4. The number of fused-ring (bicyclic) bond motifs is 1. The Kier molecular flexibility index (Phi) is 6.89. The minimum atomic E-state index is -5.08. The molecule has 1 aliphatic heterocycles. The van der Waals surface area contributed by atoms with Crippen molar-refractivity contribution in [3.8, 4) is 5.75 Å². The van der Waals surface area contributed by atoms with Gasteiger partial charge in [-0.15, -0.1) is 0 Å². The van der Waals surface area contributed by atoms with Gasteiger partial charge in [0.05, 0.1) is 17.3 Å². The van der Waals surface area contributed by atoms with Crippen molar-refractivity contribution in [3.63, 3.8) is 0 Å². The maximum absolute atomic E-state index is 12.8.